The van der Waals surface area contributed by atoms with E-state index in [9.17, 15) is 19.2 Å². The Morgan fingerprint density at radius 1 is 1.19 bits per heavy atom. The fourth-order valence-corrected chi connectivity index (χ4v) is 2.87. The second kappa shape index (κ2) is 9.59. The Morgan fingerprint density at radius 3 is 2.56 bits per heavy atom. The topological polar surface area (TPSA) is 210 Å². The van der Waals surface area contributed by atoms with Gasteiger partial charge in [0.15, 0.2) is 0 Å². The van der Waals surface area contributed by atoms with Crippen LogP contribution >= 0.6 is 0 Å². The molecule has 2 aliphatic rings. The number of amidine groups is 1. The van der Waals surface area contributed by atoms with Gasteiger partial charge in [0.2, 0.25) is 11.9 Å². The molecule has 0 saturated heterocycles. The van der Waals surface area contributed by atoms with E-state index in [1.807, 2.05) is 0 Å². The molecule has 166 valence electrons. The average molecular weight is 442 g/mol. The van der Waals surface area contributed by atoms with E-state index in [1.165, 1.54) is 18.3 Å². The van der Waals surface area contributed by atoms with Gasteiger partial charge in [0, 0.05) is 17.7 Å². The molecular weight excluding hydrogens is 422 g/mol. The number of amides is 2. The smallest absolute Gasteiger partial charge is 0.391 e. The number of nitrogens with zero attached hydrogens (tertiary/aromatic N) is 3. The van der Waals surface area contributed by atoms with Crippen molar-refractivity contribution in [3.05, 3.63) is 29.8 Å². The molecule has 1 aromatic rings. The number of fused-ring (bicyclic) bond motifs is 1. The summed E-state index contributed by atoms with van der Waals surface area (Å²) in [6.45, 7) is 0.252. The van der Waals surface area contributed by atoms with Crippen LogP contribution in [0.15, 0.2) is 39.2 Å². The molecule has 0 radical (unpaired) electrons. The second-order valence-electron chi connectivity index (χ2n) is 6.85. The molecule has 13 nitrogen and oxygen atoms in total. The van der Waals surface area contributed by atoms with Gasteiger partial charge in [0.1, 0.15) is 6.04 Å². The summed E-state index contributed by atoms with van der Waals surface area (Å²) in [5.41, 5.74) is 6.85. The van der Waals surface area contributed by atoms with Crippen molar-refractivity contribution in [3.8, 4) is 0 Å². The molecule has 0 saturated carbocycles. The van der Waals surface area contributed by atoms with Gasteiger partial charge < -0.3 is 20.8 Å². The second-order valence-corrected chi connectivity index (χ2v) is 6.85. The number of rotatable bonds is 9. The molecule has 13 heteroatoms. The molecule has 3 rings (SSSR count). The molecule has 0 aliphatic carbocycles. The number of carboxylic acids is 2. The van der Waals surface area contributed by atoms with Crippen LogP contribution in [0, 0.1) is 0 Å². The molecule has 2 atom stereocenters. The van der Waals surface area contributed by atoms with Crippen molar-refractivity contribution in [2.45, 2.75) is 24.9 Å². The third-order valence-electron chi connectivity index (χ3n) is 4.49. The van der Waals surface area contributed by atoms with Gasteiger partial charge in [-0.3, -0.25) is 25.1 Å². The van der Waals surface area contributed by atoms with Crippen LogP contribution in [0.5, 0.6) is 0 Å². The van der Waals surface area contributed by atoms with Crippen LogP contribution in [-0.4, -0.2) is 76.3 Å². The van der Waals surface area contributed by atoms with Crippen LogP contribution in [0.4, 0.5) is 5.69 Å². The summed E-state index contributed by atoms with van der Waals surface area (Å²) < 4.78 is 0. The number of nitrogens with two attached hydrogens (primary N) is 1. The number of hydrogen-bond acceptors (Lipinski definition) is 9. The third kappa shape index (κ3) is 5.59. The number of hydrogen-bond donors (Lipinski definition) is 6. The molecule has 0 spiro atoms. The van der Waals surface area contributed by atoms with Gasteiger partial charge in [0.25, 0.3) is 5.91 Å². The number of carbonyl (C=O) groups is 4. The predicted molar refractivity (Wildman–Crippen MR) is 113 cm³/mol. The summed E-state index contributed by atoms with van der Waals surface area (Å²) in [6, 6.07) is 4.03. The number of nitrogens with one attached hydrogen (secondary N) is 3. The Hall–Kier alpha value is -4.42. The summed E-state index contributed by atoms with van der Waals surface area (Å²) in [4.78, 5) is 60.8. The molecular formula is C19H20N7O6+. The number of carboxylic acid groups (broad SMARTS) is 2. The zero-order valence-electron chi connectivity index (χ0n) is 16.6. The van der Waals surface area contributed by atoms with E-state index in [-0.39, 0.29) is 36.7 Å². The molecule has 2 aliphatic heterocycles. The Morgan fingerprint density at radius 2 is 1.91 bits per heavy atom. The van der Waals surface area contributed by atoms with Crippen LogP contribution < -0.4 is 21.4 Å². The van der Waals surface area contributed by atoms with Crippen molar-refractivity contribution in [2.24, 2.45) is 20.7 Å². The van der Waals surface area contributed by atoms with Crippen molar-refractivity contribution in [2.75, 3.05) is 11.9 Å². The summed E-state index contributed by atoms with van der Waals surface area (Å²) >= 11 is 0. The van der Waals surface area contributed by atoms with Gasteiger partial charge in [-0.15, -0.1) is 0 Å². The molecule has 2 amide bonds. The predicted octanol–water partition coefficient (Wildman–Crippen LogP) is -2.63. The molecule has 2 heterocycles. The first-order chi connectivity index (χ1) is 15.2. The molecule has 32 heavy (non-hydrogen) atoms. The number of guanidine groups is 1. The number of carbonyl (C=O) groups excluding carboxylic acids is 2. The Labute approximate surface area is 180 Å². The lowest BCUT2D eigenvalue weighted by Crippen LogP contribution is -2.84. The quantitative estimate of drug-likeness (QED) is 0.238. The molecule has 1 unspecified atom stereocenters. The lowest BCUT2D eigenvalue weighted by molar-refractivity contribution is -0.380. The van der Waals surface area contributed by atoms with Crippen molar-refractivity contribution in [1.82, 2.24) is 5.32 Å². The van der Waals surface area contributed by atoms with Crippen LogP contribution in [0.1, 0.15) is 23.2 Å². The molecule has 7 N–H and O–H groups in total. The maximum Gasteiger partial charge on any atom is 0.391 e. The summed E-state index contributed by atoms with van der Waals surface area (Å²) in [7, 11) is 0. The van der Waals surface area contributed by atoms with Crippen molar-refractivity contribution >= 4 is 53.2 Å². The first-order valence-corrected chi connectivity index (χ1v) is 9.45. The monoisotopic (exact) mass is 442 g/mol. The third-order valence-corrected chi connectivity index (χ3v) is 4.49. The maximum absolute atomic E-state index is 12.3. The van der Waals surface area contributed by atoms with E-state index >= 15 is 0 Å². The minimum atomic E-state index is -1.31. The van der Waals surface area contributed by atoms with Crippen molar-refractivity contribution in [3.63, 3.8) is 0 Å². The van der Waals surface area contributed by atoms with Crippen LogP contribution in [-0.2, 0) is 14.4 Å². The minimum Gasteiger partial charge on any atom is -0.481 e. The lowest BCUT2D eigenvalue weighted by atomic mass is 10.1. The lowest BCUT2D eigenvalue weighted by Gasteiger charge is -2.15. The average Bonchev–Trinajstić information content (AvgIpc) is 2.75. The highest BCUT2D eigenvalue weighted by Crippen LogP contribution is 2.11. The highest BCUT2D eigenvalue weighted by atomic mass is 16.4. The number of aliphatic carboxylic acids is 2. The molecule has 0 fully saturated rings. The van der Waals surface area contributed by atoms with Crippen LogP contribution in [0.3, 0.4) is 0 Å². The number of anilines is 1. The summed E-state index contributed by atoms with van der Waals surface area (Å²) in [5, 5.41) is 23.2. The normalized spacial score (nSPS) is 17.9. The fraction of sp³-hybridized carbons (Fsp3) is 0.263. The Kier molecular flexibility index (Phi) is 6.68. The maximum atomic E-state index is 12.3. The van der Waals surface area contributed by atoms with Gasteiger partial charge >= 0.3 is 23.8 Å². The molecule has 0 aromatic heterocycles. The van der Waals surface area contributed by atoms with E-state index in [0.29, 0.717) is 11.4 Å². The first-order valence-electron chi connectivity index (χ1n) is 9.45. The Bertz CT molecular complexity index is 1070. The van der Waals surface area contributed by atoms with Gasteiger partial charge in [-0.05, 0) is 30.7 Å². The number of benzene rings is 1. The van der Waals surface area contributed by atoms with Crippen molar-refractivity contribution in [1.29, 1.82) is 0 Å². The van der Waals surface area contributed by atoms with Crippen molar-refractivity contribution < 1.29 is 34.4 Å². The zero-order chi connectivity index (χ0) is 23.3. The van der Waals surface area contributed by atoms with E-state index in [2.05, 4.69) is 30.6 Å². The van der Waals surface area contributed by atoms with Crippen LogP contribution in [0.2, 0.25) is 0 Å². The standard InChI is InChI=1S/C19H19N7O6/c20-19-25-15-14(17(30)26-19)23-11(8-22-15)7-21-10-3-1-9(2-4-10)16(29)24-12(18(31)32)5-6-13(27)28/h1-4,8,12,14,21H,5-7H2,(H,24,29)(H,27,28)(H,31,32)(H2,20,26,30)/p+1/t12-,14?/m0/s1. The first kappa shape index (κ1) is 22.3. The zero-order valence-corrected chi connectivity index (χ0v) is 16.6. The minimum absolute atomic E-state index is 0.0316. The number of aliphatic imine (C=N–C) groups is 3. The van der Waals surface area contributed by atoms with Gasteiger partial charge in [0.05, 0.1) is 18.5 Å². The highest BCUT2D eigenvalue weighted by Gasteiger charge is 2.34. The summed E-state index contributed by atoms with van der Waals surface area (Å²) in [6.07, 6.45) is 0.865. The fourth-order valence-electron chi connectivity index (χ4n) is 2.87. The molecule has 0 bridgehead atoms. The van der Waals surface area contributed by atoms with Gasteiger partial charge in [-0.2, -0.15) is 0 Å². The van der Waals surface area contributed by atoms with Gasteiger partial charge in [-0.25, -0.2) is 14.8 Å². The molecule has 1 aromatic carbocycles. The van der Waals surface area contributed by atoms with Crippen LogP contribution in [0.25, 0.3) is 0 Å². The SMILES string of the molecule is NC1=[NH+]C(=O)C2N=C(CNc3ccc(C(=O)N[C@@H](CCC(=O)O)C(=O)O)cc3)C=NC2=N1. The van der Waals surface area contributed by atoms with E-state index < -0.39 is 35.8 Å². The Balaban J connectivity index is 1.56. The largest absolute Gasteiger partial charge is 0.481 e. The van der Waals surface area contributed by atoms with E-state index in [1.54, 1.807) is 12.1 Å². The summed E-state index contributed by atoms with van der Waals surface area (Å²) in [5.74, 6) is -3.33. The highest BCUT2D eigenvalue weighted by molar-refractivity contribution is 6.37. The van der Waals surface area contributed by atoms with E-state index in [4.69, 9.17) is 15.9 Å². The van der Waals surface area contributed by atoms with E-state index in [0.717, 1.165) is 0 Å². The van der Waals surface area contributed by atoms with Gasteiger partial charge in [-0.1, -0.05) is 4.99 Å².